The molecule has 4 aromatic rings. The van der Waals surface area contributed by atoms with Crippen LogP contribution in [0.25, 0.3) is 0 Å². The summed E-state index contributed by atoms with van der Waals surface area (Å²) >= 11 is -0.204. The molecule has 1 aromatic heterocycles. The number of non-ortho nitro benzene ring substituents is 1. The van der Waals surface area contributed by atoms with E-state index in [-0.39, 0.29) is 46.4 Å². The van der Waals surface area contributed by atoms with Gasteiger partial charge in [0, 0.05) is 0 Å². The van der Waals surface area contributed by atoms with Gasteiger partial charge in [0.15, 0.2) is 0 Å². The van der Waals surface area contributed by atoms with E-state index in [0.29, 0.717) is 18.7 Å². The van der Waals surface area contributed by atoms with Crippen molar-refractivity contribution in [3.8, 4) is 0 Å². The zero-order valence-corrected chi connectivity index (χ0v) is 21.5. The number of carbonyl (C=O) groups excluding carboxylic acids is 1. The van der Waals surface area contributed by atoms with Crippen LogP contribution in [-0.4, -0.2) is 52.3 Å². The van der Waals surface area contributed by atoms with Crippen LogP contribution < -0.4 is 23.2 Å². The summed E-state index contributed by atoms with van der Waals surface area (Å²) in [5.74, 6) is -0.229. The Kier molecular flexibility index (Phi) is 8.23. The van der Waals surface area contributed by atoms with Crippen LogP contribution in [0.15, 0.2) is 97.2 Å². The molecule has 0 spiro atoms. The third-order valence-corrected chi connectivity index (χ3v) is 9.45. The minimum absolute atomic E-state index is 0.102. The fraction of sp³-hybridized carbons (Fsp3) is 0.0769. The number of hydrogen-bond donors (Lipinski definition) is 1. The number of amides is 1. The number of aromatic nitrogens is 1. The molecule has 34 heavy (non-hydrogen) atoms. The van der Waals surface area contributed by atoms with E-state index in [1.165, 1.54) is 0 Å². The van der Waals surface area contributed by atoms with Crippen LogP contribution in [0.4, 0.5) is 5.69 Å². The Morgan fingerprint density at radius 2 is 1.41 bits per heavy atom. The topological polar surface area (TPSA) is 85.1 Å². The van der Waals surface area contributed by atoms with Crippen LogP contribution in [0, 0.1) is 10.1 Å². The fourth-order valence-electron chi connectivity index (χ4n) is 3.26. The summed E-state index contributed by atoms with van der Waals surface area (Å²) in [5, 5.41) is 14.7. The Bertz CT molecular complexity index is 1210. The van der Waals surface area contributed by atoms with E-state index in [0.717, 1.165) is 23.4 Å². The molecule has 1 heterocycles. The molecule has 0 bridgehead atoms. The van der Waals surface area contributed by atoms with Gasteiger partial charge in [-0.25, -0.2) is 0 Å². The van der Waals surface area contributed by atoms with Crippen molar-refractivity contribution in [2.45, 2.75) is 6.42 Å². The van der Waals surface area contributed by atoms with Gasteiger partial charge >= 0.3 is 211 Å². The Labute approximate surface area is 210 Å². The van der Waals surface area contributed by atoms with E-state index in [9.17, 15) is 14.9 Å². The molecule has 1 N–H and O–H groups in total. The molecule has 0 saturated carbocycles. The number of nitro groups is 1. The molecular formula is C26H21N3O3Se2. The molecule has 0 aliphatic carbocycles. The summed E-state index contributed by atoms with van der Waals surface area (Å²) in [4.78, 5) is 28.0. The van der Waals surface area contributed by atoms with Gasteiger partial charge in [-0.05, 0) is 0 Å². The molecular weight excluding hydrogens is 560 g/mol. The van der Waals surface area contributed by atoms with E-state index in [1.54, 1.807) is 36.5 Å². The van der Waals surface area contributed by atoms with E-state index in [4.69, 9.17) is 0 Å². The van der Waals surface area contributed by atoms with Gasteiger partial charge in [-0.1, -0.05) is 0 Å². The van der Waals surface area contributed by atoms with Gasteiger partial charge in [0.05, 0.1) is 0 Å². The molecule has 6 nitrogen and oxygen atoms in total. The molecule has 0 aliphatic heterocycles. The summed E-state index contributed by atoms with van der Waals surface area (Å²) in [6.07, 6.45) is 2.18. The molecule has 0 saturated heterocycles. The maximum atomic E-state index is 12.5. The summed E-state index contributed by atoms with van der Waals surface area (Å²) in [6, 6.07) is 28.7. The zero-order valence-electron chi connectivity index (χ0n) is 18.1. The third-order valence-electron chi connectivity index (χ3n) is 4.86. The van der Waals surface area contributed by atoms with E-state index in [2.05, 4.69) is 10.3 Å². The molecule has 1 amide bonds. The van der Waals surface area contributed by atoms with Gasteiger partial charge in [0.2, 0.25) is 0 Å². The van der Waals surface area contributed by atoms with Crippen LogP contribution in [0.1, 0.15) is 16.1 Å². The van der Waals surface area contributed by atoms with Gasteiger partial charge in [0.1, 0.15) is 0 Å². The van der Waals surface area contributed by atoms with Crippen LogP contribution >= 0.6 is 0 Å². The SMILES string of the molecule is O=C(NCCc1c([Se]c2ccccc2)cc([N+](=O)[O-])cc1[Se]c1ccccc1)c1ccccn1. The number of nitro benzene ring substituents is 1. The van der Waals surface area contributed by atoms with Crippen LogP contribution in [0.3, 0.4) is 0 Å². The first-order valence-corrected chi connectivity index (χ1v) is 14.0. The van der Waals surface area contributed by atoms with Gasteiger partial charge in [-0.3, -0.25) is 0 Å². The second kappa shape index (κ2) is 11.7. The van der Waals surface area contributed by atoms with Gasteiger partial charge in [0.25, 0.3) is 0 Å². The predicted molar refractivity (Wildman–Crippen MR) is 136 cm³/mol. The van der Waals surface area contributed by atoms with Crippen molar-refractivity contribution in [2.75, 3.05) is 6.54 Å². The first-order chi connectivity index (χ1) is 16.6. The molecule has 0 atom stereocenters. The summed E-state index contributed by atoms with van der Waals surface area (Å²) in [5.41, 5.74) is 1.56. The summed E-state index contributed by atoms with van der Waals surface area (Å²) in [6.45, 7) is 0.420. The molecule has 3 aromatic carbocycles. The molecule has 170 valence electrons. The number of rotatable bonds is 9. The first kappa shape index (κ1) is 23.9. The molecule has 4 rings (SSSR count). The number of carbonyl (C=O) groups is 1. The minimum atomic E-state index is -0.318. The Balaban J connectivity index is 1.66. The van der Waals surface area contributed by atoms with Crippen molar-refractivity contribution >= 4 is 59.4 Å². The van der Waals surface area contributed by atoms with Crippen LogP contribution in [0.5, 0.6) is 0 Å². The number of benzene rings is 3. The van der Waals surface area contributed by atoms with Gasteiger partial charge < -0.3 is 0 Å². The van der Waals surface area contributed by atoms with Gasteiger partial charge in [-0.2, -0.15) is 0 Å². The van der Waals surface area contributed by atoms with Crippen LogP contribution in [-0.2, 0) is 6.42 Å². The quantitative estimate of drug-likeness (QED) is 0.184. The van der Waals surface area contributed by atoms with Crippen molar-refractivity contribution in [2.24, 2.45) is 0 Å². The number of nitrogens with zero attached hydrogens (tertiary/aromatic N) is 2. The van der Waals surface area contributed by atoms with E-state index < -0.39 is 0 Å². The third kappa shape index (κ3) is 6.40. The van der Waals surface area contributed by atoms with Crippen LogP contribution in [0.2, 0.25) is 0 Å². The average Bonchev–Trinajstić information content (AvgIpc) is 2.87. The summed E-state index contributed by atoms with van der Waals surface area (Å²) in [7, 11) is 0. The van der Waals surface area contributed by atoms with E-state index >= 15 is 0 Å². The molecule has 0 unspecified atom stereocenters. The number of nitrogens with one attached hydrogen (secondary N) is 1. The molecule has 0 fully saturated rings. The summed E-state index contributed by atoms with van der Waals surface area (Å²) < 4.78 is 4.25. The molecule has 0 aliphatic rings. The van der Waals surface area contributed by atoms with Crippen molar-refractivity contribution < 1.29 is 9.72 Å². The Hall–Kier alpha value is -3.28. The Morgan fingerprint density at radius 1 is 0.853 bits per heavy atom. The molecule has 0 radical (unpaired) electrons. The average molecular weight is 581 g/mol. The maximum absolute atomic E-state index is 12.5. The monoisotopic (exact) mass is 583 g/mol. The normalized spacial score (nSPS) is 10.6. The number of pyridine rings is 1. The van der Waals surface area contributed by atoms with Crippen molar-refractivity contribution in [1.29, 1.82) is 0 Å². The number of hydrogen-bond acceptors (Lipinski definition) is 4. The first-order valence-electron chi connectivity index (χ1n) is 10.6. The second-order valence-electron chi connectivity index (χ2n) is 7.23. The molecule has 8 heteroatoms. The van der Waals surface area contributed by atoms with Crippen molar-refractivity contribution in [3.63, 3.8) is 0 Å². The van der Waals surface area contributed by atoms with Crippen molar-refractivity contribution in [1.82, 2.24) is 10.3 Å². The van der Waals surface area contributed by atoms with Gasteiger partial charge in [-0.15, -0.1) is 0 Å². The second-order valence-corrected chi connectivity index (χ2v) is 11.9. The van der Waals surface area contributed by atoms with E-state index in [1.807, 2.05) is 60.7 Å². The Morgan fingerprint density at radius 3 is 1.91 bits per heavy atom. The fourth-order valence-corrected chi connectivity index (χ4v) is 8.04. The van der Waals surface area contributed by atoms with Crippen molar-refractivity contribution in [3.05, 3.63) is 119 Å². The zero-order chi connectivity index (χ0) is 23.8. The predicted octanol–water partition coefficient (Wildman–Crippen LogP) is 1.27. The standard InChI is InChI=1S/C26H21N3O3Se2/c30-26(23-13-7-8-15-27-23)28-16-14-22-24(33-20-9-3-1-4-10-20)17-19(29(31)32)18-25(22)34-21-11-5-2-6-12-21/h1-13,15,17-18H,14,16H2,(H,28,30).